The van der Waals surface area contributed by atoms with E-state index in [-0.39, 0.29) is 5.75 Å². The molecule has 1 saturated heterocycles. The molecule has 1 rings (SSSR count). The summed E-state index contributed by atoms with van der Waals surface area (Å²) in [6, 6.07) is 0.851. The number of nitrogens with one attached hydrogen (secondary N) is 2. The van der Waals surface area contributed by atoms with Crippen LogP contribution < -0.4 is 10.0 Å². The average molecular weight is 305 g/mol. The van der Waals surface area contributed by atoms with E-state index in [1.165, 1.54) is 6.42 Å². The maximum Gasteiger partial charge on any atom is 0.211 e. The van der Waals surface area contributed by atoms with Crippen molar-refractivity contribution in [1.29, 1.82) is 0 Å². The molecule has 20 heavy (non-hydrogen) atoms. The van der Waals surface area contributed by atoms with Gasteiger partial charge >= 0.3 is 0 Å². The first-order chi connectivity index (χ1) is 9.44. The predicted octanol–water partition coefficient (Wildman–Crippen LogP) is 1.17. The molecule has 0 amide bonds. The van der Waals surface area contributed by atoms with Crippen LogP contribution >= 0.6 is 0 Å². The number of hydrogen-bond acceptors (Lipinski definition) is 4. The van der Waals surface area contributed by atoms with Crippen LogP contribution in [-0.2, 0) is 10.0 Å². The van der Waals surface area contributed by atoms with Gasteiger partial charge in [0.15, 0.2) is 0 Å². The largest absolute Gasteiger partial charge is 0.315 e. The lowest BCUT2D eigenvalue weighted by Crippen LogP contribution is -2.40. The van der Waals surface area contributed by atoms with Crippen LogP contribution in [0.1, 0.15) is 46.5 Å². The Bertz CT molecular complexity index is 357. The van der Waals surface area contributed by atoms with E-state index < -0.39 is 10.0 Å². The number of hydrogen-bond donors (Lipinski definition) is 2. The molecule has 120 valence electrons. The van der Waals surface area contributed by atoms with E-state index in [1.54, 1.807) is 0 Å². The van der Waals surface area contributed by atoms with Gasteiger partial charge in [-0.2, -0.15) is 0 Å². The van der Waals surface area contributed by atoms with Crippen molar-refractivity contribution in [3.05, 3.63) is 0 Å². The molecule has 1 fully saturated rings. The fourth-order valence-electron chi connectivity index (χ4n) is 2.65. The molecule has 1 heterocycles. The topological polar surface area (TPSA) is 61.4 Å². The van der Waals surface area contributed by atoms with Gasteiger partial charge in [-0.25, -0.2) is 13.1 Å². The molecular weight excluding hydrogens is 274 g/mol. The van der Waals surface area contributed by atoms with Gasteiger partial charge in [0.1, 0.15) is 0 Å². The molecular formula is C14H31N3O2S. The fraction of sp³-hybridized carbons (Fsp3) is 1.00. The zero-order valence-corrected chi connectivity index (χ0v) is 14.0. The SMILES string of the molecule is CCN1CCCC1CNS(=O)(=O)CCCCNC(C)C. The number of likely N-dealkylation sites (tertiary alicyclic amines) is 1. The second kappa shape index (κ2) is 8.97. The monoisotopic (exact) mass is 305 g/mol. The van der Waals surface area contributed by atoms with Crippen molar-refractivity contribution >= 4 is 10.0 Å². The Morgan fingerprint density at radius 2 is 2.05 bits per heavy atom. The molecule has 0 aromatic carbocycles. The first kappa shape index (κ1) is 17.9. The molecule has 0 radical (unpaired) electrons. The Hall–Kier alpha value is -0.170. The van der Waals surface area contributed by atoms with E-state index in [9.17, 15) is 8.42 Å². The van der Waals surface area contributed by atoms with Gasteiger partial charge in [-0.3, -0.25) is 4.90 Å². The molecule has 0 aliphatic carbocycles. The van der Waals surface area contributed by atoms with Crippen LogP contribution in [0.2, 0.25) is 0 Å². The molecule has 0 bridgehead atoms. The van der Waals surface area contributed by atoms with Crippen molar-refractivity contribution in [1.82, 2.24) is 14.9 Å². The van der Waals surface area contributed by atoms with Gasteiger partial charge in [-0.05, 0) is 45.3 Å². The number of likely N-dealkylation sites (N-methyl/N-ethyl adjacent to an activating group) is 1. The molecule has 1 aliphatic heterocycles. The molecule has 0 spiro atoms. The predicted molar refractivity (Wildman–Crippen MR) is 84.4 cm³/mol. The summed E-state index contributed by atoms with van der Waals surface area (Å²) in [6.45, 7) is 9.89. The summed E-state index contributed by atoms with van der Waals surface area (Å²) < 4.78 is 26.6. The third-order valence-corrected chi connectivity index (χ3v) is 5.27. The third-order valence-electron chi connectivity index (χ3n) is 3.84. The molecule has 0 aromatic rings. The number of rotatable bonds is 10. The molecule has 2 N–H and O–H groups in total. The van der Waals surface area contributed by atoms with Crippen molar-refractivity contribution in [2.75, 3.05) is 31.9 Å². The first-order valence-electron chi connectivity index (χ1n) is 7.89. The van der Waals surface area contributed by atoms with Crippen LogP contribution in [0.3, 0.4) is 0 Å². The summed E-state index contributed by atoms with van der Waals surface area (Å²) in [4.78, 5) is 2.36. The summed E-state index contributed by atoms with van der Waals surface area (Å²) in [5.41, 5.74) is 0. The van der Waals surface area contributed by atoms with Gasteiger partial charge in [0, 0.05) is 18.6 Å². The highest BCUT2D eigenvalue weighted by molar-refractivity contribution is 7.89. The minimum Gasteiger partial charge on any atom is -0.315 e. The van der Waals surface area contributed by atoms with Gasteiger partial charge in [-0.1, -0.05) is 20.8 Å². The molecule has 5 nitrogen and oxygen atoms in total. The van der Waals surface area contributed by atoms with Gasteiger partial charge in [-0.15, -0.1) is 0 Å². The van der Waals surface area contributed by atoms with Crippen LogP contribution in [0.25, 0.3) is 0 Å². The normalized spacial score (nSPS) is 20.9. The van der Waals surface area contributed by atoms with Crippen LogP contribution in [0.4, 0.5) is 0 Å². The van der Waals surface area contributed by atoms with E-state index >= 15 is 0 Å². The third kappa shape index (κ3) is 7.02. The van der Waals surface area contributed by atoms with Crippen LogP contribution in [0, 0.1) is 0 Å². The van der Waals surface area contributed by atoms with Crippen LogP contribution in [0.5, 0.6) is 0 Å². The molecule has 6 heteroatoms. The first-order valence-corrected chi connectivity index (χ1v) is 9.54. The fourth-order valence-corrected chi connectivity index (χ4v) is 3.82. The minimum absolute atomic E-state index is 0.242. The van der Waals surface area contributed by atoms with Crippen molar-refractivity contribution < 1.29 is 8.42 Å². The quantitative estimate of drug-likeness (QED) is 0.595. The Morgan fingerprint density at radius 3 is 2.70 bits per heavy atom. The van der Waals surface area contributed by atoms with E-state index in [2.05, 4.69) is 35.7 Å². The van der Waals surface area contributed by atoms with Gasteiger partial charge in [0.2, 0.25) is 10.0 Å². The summed E-state index contributed by atoms with van der Waals surface area (Å²) in [5, 5.41) is 3.30. The van der Waals surface area contributed by atoms with Crippen molar-refractivity contribution in [3.8, 4) is 0 Å². The summed E-state index contributed by atoms with van der Waals surface area (Å²) in [5.74, 6) is 0.242. The smallest absolute Gasteiger partial charge is 0.211 e. The van der Waals surface area contributed by atoms with Crippen LogP contribution in [-0.4, -0.2) is 57.3 Å². The van der Waals surface area contributed by atoms with E-state index in [1.807, 2.05) is 0 Å². The van der Waals surface area contributed by atoms with E-state index in [4.69, 9.17) is 0 Å². The van der Waals surface area contributed by atoms with Gasteiger partial charge in [0.25, 0.3) is 0 Å². The Balaban J connectivity index is 2.17. The average Bonchev–Trinajstić information content (AvgIpc) is 2.83. The lowest BCUT2D eigenvalue weighted by Gasteiger charge is -2.22. The second-order valence-corrected chi connectivity index (χ2v) is 7.83. The zero-order chi connectivity index (χ0) is 15.0. The minimum atomic E-state index is -3.11. The van der Waals surface area contributed by atoms with Gasteiger partial charge in [0.05, 0.1) is 5.75 Å². The van der Waals surface area contributed by atoms with Crippen molar-refractivity contribution in [2.24, 2.45) is 0 Å². The lowest BCUT2D eigenvalue weighted by atomic mass is 10.2. The lowest BCUT2D eigenvalue weighted by molar-refractivity contribution is 0.268. The molecule has 1 atom stereocenters. The van der Waals surface area contributed by atoms with Gasteiger partial charge < -0.3 is 5.32 Å². The van der Waals surface area contributed by atoms with E-state index in [0.717, 1.165) is 38.9 Å². The number of sulfonamides is 1. The number of unbranched alkanes of at least 4 members (excludes halogenated alkanes) is 1. The molecule has 1 unspecified atom stereocenters. The molecule has 0 aromatic heterocycles. The zero-order valence-electron chi connectivity index (χ0n) is 13.2. The Kier molecular flexibility index (Phi) is 8.02. The van der Waals surface area contributed by atoms with Crippen molar-refractivity contribution in [3.63, 3.8) is 0 Å². The summed E-state index contributed by atoms with van der Waals surface area (Å²) in [6.07, 6.45) is 3.91. The van der Waals surface area contributed by atoms with Crippen molar-refractivity contribution in [2.45, 2.75) is 58.5 Å². The maximum atomic E-state index is 11.9. The second-order valence-electron chi connectivity index (χ2n) is 5.91. The standard InChI is InChI=1S/C14H31N3O2S/c1-4-17-10-7-8-14(17)12-16-20(18,19)11-6-5-9-15-13(2)3/h13-16H,4-12H2,1-3H3. The highest BCUT2D eigenvalue weighted by Crippen LogP contribution is 2.15. The highest BCUT2D eigenvalue weighted by Gasteiger charge is 2.24. The van der Waals surface area contributed by atoms with Crippen LogP contribution in [0.15, 0.2) is 0 Å². The maximum absolute atomic E-state index is 11.9. The summed E-state index contributed by atoms with van der Waals surface area (Å²) >= 11 is 0. The van der Waals surface area contributed by atoms with E-state index in [0.29, 0.717) is 18.6 Å². The molecule has 0 saturated carbocycles. The highest BCUT2D eigenvalue weighted by atomic mass is 32.2. The number of nitrogens with zero attached hydrogens (tertiary/aromatic N) is 1. The molecule has 1 aliphatic rings. The Labute approximate surface area is 124 Å². The Morgan fingerprint density at radius 1 is 1.30 bits per heavy atom. The summed E-state index contributed by atoms with van der Waals surface area (Å²) in [7, 11) is -3.11.